The first-order valence-corrected chi connectivity index (χ1v) is 14.3. The molecule has 0 saturated carbocycles. The monoisotopic (exact) mass is 608 g/mol. The lowest BCUT2D eigenvalue weighted by Crippen LogP contribution is -2.47. The number of carbonyl (C=O) groups excluding carboxylic acids is 1. The quantitative estimate of drug-likeness (QED) is 0.259. The van der Waals surface area contributed by atoms with E-state index in [9.17, 15) is 31.1 Å². The van der Waals surface area contributed by atoms with Gasteiger partial charge in [-0.2, -0.15) is 26.3 Å². The number of piperidine rings is 1. The average molecular weight is 609 g/mol. The van der Waals surface area contributed by atoms with E-state index in [1.807, 2.05) is 4.90 Å². The van der Waals surface area contributed by atoms with E-state index < -0.39 is 17.2 Å². The molecule has 2 aromatic carbocycles. The van der Waals surface area contributed by atoms with Crippen molar-refractivity contribution in [1.82, 2.24) is 9.80 Å². The number of nitrogens with one attached hydrogen (secondary N) is 1. The minimum Gasteiger partial charge on any atom is -0.382 e. The van der Waals surface area contributed by atoms with Crippen LogP contribution in [0.5, 0.6) is 0 Å². The molecular weight excluding hydrogens is 578 g/mol. The zero-order valence-electron chi connectivity index (χ0n) is 21.7. The van der Waals surface area contributed by atoms with E-state index in [-0.39, 0.29) is 33.6 Å². The van der Waals surface area contributed by atoms with Crippen LogP contribution >= 0.6 is 23.4 Å². The van der Waals surface area contributed by atoms with E-state index in [1.54, 1.807) is 6.07 Å². The van der Waals surface area contributed by atoms with Gasteiger partial charge in [0.25, 0.3) is 0 Å². The fourth-order valence-corrected chi connectivity index (χ4v) is 5.84. The molecule has 2 aliphatic rings. The number of carbonyl (C=O) groups is 1. The maximum atomic E-state index is 12.8. The number of alkyl halides is 6. The molecule has 220 valence electrons. The van der Waals surface area contributed by atoms with Crippen molar-refractivity contribution >= 4 is 40.6 Å². The smallest absolute Gasteiger partial charge is 0.382 e. The molecule has 0 spiro atoms. The lowest BCUT2D eigenvalue weighted by Gasteiger charge is -2.36. The van der Waals surface area contributed by atoms with E-state index in [0.29, 0.717) is 51.1 Å². The van der Waals surface area contributed by atoms with Crippen LogP contribution in [0.25, 0.3) is 0 Å². The molecule has 0 aromatic heterocycles. The molecule has 1 amide bonds. The molecule has 13 heteroatoms. The highest BCUT2D eigenvalue weighted by Gasteiger charge is 2.31. The van der Waals surface area contributed by atoms with Gasteiger partial charge in [-0.3, -0.25) is 9.69 Å². The standard InChI is InChI=1S/C27H31ClF6N4OS/c28-23-8-5-21(18-24(23)40-27(32,33)34)35-20-9-12-38(13-10-20)25(39)2-1-11-36-14-16-37(17-15-36)22-6-3-19(4-7-22)26(29,30)31/h3-8,18,20,35H,1-2,9-17H2. The second-order valence-electron chi connectivity index (χ2n) is 9.97. The number of rotatable bonds is 8. The fraction of sp³-hybridized carbons (Fsp3) is 0.519. The molecular formula is C27H31ClF6N4OS. The molecule has 2 saturated heterocycles. The van der Waals surface area contributed by atoms with Gasteiger partial charge < -0.3 is 15.1 Å². The lowest BCUT2D eigenvalue weighted by atomic mass is 10.0. The van der Waals surface area contributed by atoms with Gasteiger partial charge in [-0.1, -0.05) is 11.6 Å². The van der Waals surface area contributed by atoms with Crippen molar-refractivity contribution in [3.63, 3.8) is 0 Å². The summed E-state index contributed by atoms with van der Waals surface area (Å²) in [5.74, 6) is 0.0946. The van der Waals surface area contributed by atoms with Crippen LogP contribution in [0.1, 0.15) is 31.2 Å². The summed E-state index contributed by atoms with van der Waals surface area (Å²) >= 11 is 5.67. The molecule has 0 radical (unpaired) electrons. The normalized spacial score (nSPS) is 17.8. The van der Waals surface area contributed by atoms with Crippen LogP contribution in [-0.4, -0.2) is 73.1 Å². The fourth-order valence-electron chi connectivity index (χ4n) is 5.01. The summed E-state index contributed by atoms with van der Waals surface area (Å²) in [6.07, 6.45) is -1.79. The van der Waals surface area contributed by atoms with Crippen molar-refractivity contribution in [2.75, 3.05) is 56.0 Å². The number of piperazine rings is 1. The Morgan fingerprint density at radius 2 is 1.57 bits per heavy atom. The van der Waals surface area contributed by atoms with Crippen LogP contribution in [0, 0.1) is 0 Å². The van der Waals surface area contributed by atoms with Crippen molar-refractivity contribution in [1.29, 1.82) is 0 Å². The largest absolute Gasteiger partial charge is 0.446 e. The number of likely N-dealkylation sites (tertiary alicyclic amines) is 1. The highest BCUT2D eigenvalue weighted by Crippen LogP contribution is 2.41. The van der Waals surface area contributed by atoms with Gasteiger partial charge in [0.05, 0.1) is 10.6 Å². The van der Waals surface area contributed by atoms with E-state index in [1.165, 1.54) is 24.3 Å². The van der Waals surface area contributed by atoms with Crippen LogP contribution in [0.15, 0.2) is 47.4 Å². The van der Waals surface area contributed by atoms with Gasteiger partial charge in [0, 0.05) is 68.0 Å². The van der Waals surface area contributed by atoms with Crippen LogP contribution in [-0.2, 0) is 11.0 Å². The molecule has 0 aliphatic carbocycles. The zero-order valence-corrected chi connectivity index (χ0v) is 23.3. The number of amides is 1. The second kappa shape index (κ2) is 13.1. The summed E-state index contributed by atoms with van der Waals surface area (Å²) in [6, 6.07) is 9.80. The van der Waals surface area contributed by atoms with E-state index >= 15 is 0 Å². The molecule has 2 aliphatic heterocycles. The maximum Gasteiger partial charge on any atom is 0.446 e. The Labute approximate surface area is 238 Å². The maximum absolute atomic E-state index is 12.8. The molecule has 4 rings (SSSR count). The highest BCUT2D eigenvalue weighted by atomic mass is 35.5. The number of anilines is 2. The van der Waals surface area contributed by atoms with E-state index in [2.05, 4.69) is 15.1 Å². The van der Waals surface area contributed by atoms with Crippen molar-refractivity contribution in [3.05, 3.63) is 53.1 Å². The molecule has 2 aromatic rings. The summed E-state index contributed by atoms with van der Waals surface area (Å²) in [6.45, 7) is 4.92. The zero-order chi connectivity index (χ0) is 28.9. The Morgan fingerprint density at radius 3 is 2.17 bits per heavy atom. The predicted molar refractivity (Wildman–Crippen MR) is 146 cm³/mol. The lowest BCUT2D eigenvalue weighted by molar-refractivity contribution is -0.137. The third-order valence-corrected chi connectivity index (χ3v) is 8.40. The van der Waals surface area contributed by atoms with Crippen LogP contribution in [0.4, 0.5) is 37.7 Å². The number of thioether (sulfide) groups is 1. The Hall–Kier alpha value is -2.31. The number of hydrogen-bond acceptors (Lipinski definition) is 5. The van der Waals surface area contributed by atoms with Gasteiger partial charge in [-0.15, -0.1) is 0 Å². The molecule has 0 unspecified atom stereocenters. The van der Waals surface area contributed by atoms with Crippen molar-refractivity contribution in [3.8, 4) is 0 Å². The van der Waals surface area contributed by atoms with E-state index in [0.717, 1.165) is 43.9 Å². The van der Waals surface area contributed by atoms with Crippen molar-refractivity contribution < 1.29 is 31.1 Å². The highest BCUT2D eigenvalue weighted by molar-refractivity contribution is 8.00. The van der Waals surface area contributed by atoms with Gasteiger partial charge in [-0.25, -0.2) is 0 Å². The molecule has 2 heterocycles. The summed E-state index contributed by atoms with van der Waals surface area (Å²) < 4.78 is 76.6. The summed E-state index contributed by atoms with van der Waals surface area (Å²) in [4.78, 5) is 18.9. The van der Waals surface area contributed by atoms with Crippen molar-refractivity contribution in [2.24, 2.45) is 0 Å². The van der Waals surface area contributed by atoms with Crippen molar-refractivity contribution in [2.45, 2.75) is 48.3 Å². The van der Waals surface area contributed by atoms with Gasteiger partial charge in [-0.05, 0) is 80.0 Å². The average Bonchev–Trinajstić information content (AvgIpc) is 2.90. The number of nitrogens with zero attached hydrogens (tertiary/aromatic N) is 3. The van der Waals surface area contributed by atoms with Crippen LogP contribution < -0.4 is 10.2 Å². The first-order valence-electron chi connectivity index (χ1n) is 13.1. The Balaban J connectivity index is 1.14. The first-order chi connectivity index (χ1) is 18.9. The predicted octanol–water partition coefficient (Wildman–Crippen LogP) is 6.98. The molecule has 40 heavy (non-hydrogen) atoms. The van der Waals surface area contributed by atoms with Gasteiger partial charge >= 0.3 is 11.7 Å². The molecule has 5 nitrogen and oxygen atoms in total. The number of hydrogen-bond donors (Lipinski definition) is 1. The minimum atomic E-state index is -4.42. The molecule has 2 fully saturated rings. The first kappa shape index (κ1) is 30.6. The summed E-state index contributed by atoms with van der Waals surface area (Å²) in [5, 5.41) is 3.32. The Morgan fingerprint density at radius 1 is 0.925 bits per heavy atom. The third kappa shape index (κ3) is 8.84. The second-order valence-corrected chi connectivity index (χ2v) is 11.5. The van der Waals surface area contributed by atoms with Crippen LogP contribution in [0.3, 0.4) is 0 Å². The van der Waals surface area contributed by atoms with Gasteiger partial charge in [0.1, 0.15) is 0 Å². The van der Waals surface area contributed by atoms with E-state index in [4.69, 9.17) is 11.6 Å². The topological polar surface area (TPSA) is 38.8 Å². The van der Waals surface area contributed by atoms with Gasteiger partial charge in [0.15, 0.2) is 0 Å². The number of halogens is 7. The molecule has 1 N–H and O–H groups in total. The summed E-state index contributed by atoms with van der Waals surface area (Å²) in [5.41, 5.74) is -3.73. The molecule has 0 atom stereocenters. The Kier molecular flexibility index (Phi) is 10.0. The summed E-state index contributed by atoms with van der Waals surface area (Å²) in [7, 11) is 0. The van der Waals surface area contributed by atoms with Gasteiger partial charge in [0.2, 0.25) is 5.91 Å². The SMILES string of the molecule is O=C(CCCN1CCN(c2ccc(C(F)(F)F)cc2)CC1)N1CCC(Nc2ccc(Cl)c(SC(F)(F)F)c2)CC1. The third-order valence-electron chi connectivity index (χ3n) is 7.17. The molecule has 0 bridgehead atoms. The number of benzene rings is 2. The Bertz CT molecular complexity index is 1130. The van der Waals surface area contributed by atoms with Crippen LogP contribution in [0.2, 0.25) is 5.02 Å². The minimum absolute atomic E-state index is 0.0483.